The first-order valence-electron chi connectivity index (χ1n) is 10.3. The zero-order valence-corrected chi connectivity index (χ0v) is 17.7. The average molecular weight is 408 g/mol. The van der Waals surface area contributed by atoms with E-state index in [2.05, 4.69) is 10.6 Å². The molecule has 3 atom stereocenters. The Morgan fingerprint density at radius 2 is 1.71 bits per heavy atom. The fourth-order valence-electron chi connectivity index (χ4n) is 4.82. The number of benzene rings is 1. The highest BCUT2D eigenvalue weighted by atomic mass is 35.5. The molecule has 0 spiro atoms. The topological polar surface area (TPSA) is 84.2 Å². The lowest BCUT2D eigenvalue weighted by atomic mass is 9.67. The van der Waals surface area contributed by atoms with E-state index >= 15 is 0 Å². The molecule has 0 radical (unpaired) electrons. The lowest BCUT2D eigenvalue weighted by Crippen LogP contribution is -2.58. The summed E-state index contributed by atoms with van der Waals surface area (Å²) in [6, 6.07) is 9.59. The van der Waals surface area contributed by atoms with Crippen LogP contribution in [0.1, 0.15) is 51.5 Å². The molecule has 0 saturated heterocycles. The van der Waals surface area contributed by atoms with Gasteiger partial charge in [0.1, 0.15) is 6.04 Å². The van der Waals surface area contributed by atoms with Crippen molar-refractivity contribution in [1.82, 2.24) is 10.6 Å². The molecule has 2 aliphatic rings. The molecule has 0 heterocycles. The molecule has 3 rings (SSSR count). The van der Waals surface area contributed by atoms with Gasteiger partial charge in [0.25, 0.3) is 0 Å². The van der Waals surface area contributed by atoms with Crippen LogP contribution in [0.25, 0.3) is 0 Å². The van der Waals surface area contributed by atoms with E-state index < -0.39 is 6.04 Å². The van der Waals surface area contributed by atoms with Crippen LogP contribution in [0, 0.1) is 17.8 Å². The number of hydrogen-bond acceptors (Lipinski definition) is 3. The Morgan fingerprint density at radius 1 is 1.11 bits per heavy atom. The van der Waals surface area contributed by atoms with Gasteiger partial charge in [-0.15, -0.1) is 12.4 Å². The van der Waals surface area contributed by atoms with Crippen molar-refractivity contribution in [2.45, 2.75) is 70.5 Å². The number of halogens is 1. The first-order valence-corrected chi connectivity index (χ1v) is 10.3. The van der Waals surface area contributed by atoms with Gasteiger partial charge in [0.15, 0.2) is 0 Å². The van der Waals surface area contributed by atoms with Gasteiger partial charge in [0.05, 0.1) is 6.42 Å². The Balaban J connectivity index is 0.00000280. The largest absolute Gasteiger partial charge is 0.351 e. The smallest absolute Gasteiger partial charge is 0.243 e. The lowest BCUT2D eigenvalue weighted by molar-refractivity contribution is -0.131. The summed E-state index contributed by atoms with van der Waals surface area (Å²) in [4.78, 5) is 25.5. The maximum Gasteiger partial charge on any atom is 0.243 e. The number of carbonyl (C=O) groups excluding carboxylic acids is 2. The van der Waals surface area contributed by atoms with Crippen LogP contribution in [0.5, 0.6) is 0 Å². The van der Waals surface area contributed by atoms with Gasteiger partial charge >= 0.3 is 0 Å². The molecule has 1 aromatic carbocycles. The summed E-state index contributed by atoms with van der Waals surface area (Å²) in [5, 5.41) is 6.24. The van der Waals surface area contributed by atoms with Gasteiger partial charge in [-0.25, -0.2) is 0 Å². The van der Waals surface area contributed by atoms with Gasteiger partial charge in [0, 0.05) is 12.1 Å². The maximum absolute atomic E-state index is 13.0. The molecule has 2 bridgehead atoms. The zero-order valence-electron chi connectivity index (χ0n) is 16.9. The predicted molar refractivity (Wildman–Crippen MR) is 114 cm³/mol. The van der Waals surface area contributed by atoms with Crippen molar-refractivity contribution in [2.75, 3.05) is 0 Å². The number of amides is 2. The number of rotatable bonds is 6. The van der Waals surface area contributed by atoms with Crippen LogP contribution in [-0.4, -0.2) is 29.9 Å². The van der Waals surface area contributed by atoms with E-state index in [-0.39, 0.29) is 42.2 Å². The minimum atomic E-state index is -0.502. The van der Waals surface area contributed by atoms with Gasteiger partial charge in [-0.3, -0.25) is 9.59 Å². The number of fused-ring (bicyclic) bond motifs is 2. The van der Waals surface area contributed by atoms with Crippen molar-refractivity contribution >= 4 is 24.2 Å². The van der Waals surface area contributed by atoms with E-state index in [4.69, 9.17) is 5.73 Å². The Bertz CT molecular complexity index is 638. The van der Waals surface area contributed by atoms with Crippen LogP contribution in [0.15, 0.2) is 30.3 Å². The predicted octanol–water partition coefficient (Wildman–Crippen LogP) is 2.81. The van der Waals surface area contributed by atoms with Crippen LogP contribution < -0.4 is 16.4 Å². The summed E-state index contributed by atoms with van der Waals surface area (Å²) >= 11 is 0. The Morgan fingerprint density at radius 3 is 2.29 bits per heavy atom. The number of nitrogens with two attached hydrogens (primary N) is 1. The van der Waals surface area contributed by atoms with E-state index in [1.54, 1.807) is 0 Å². The van der Waals surface area contributed by atoms with Gasteiger partial charge in [-0.05, 0) is 49.0 Å². The van der Waals surface area contributed by atoms with E-state index in [0.717, 1.165) is 31.2 Å². The molecule has 4 N–H and O–H groups in total. The molecule has 5 nitrogen and oxygen atoms in total. The minimum absolute atomic E-state index is 0. The zero-order chi connectivity index (χ0) is 19.4. The molecule has 2 amide bonds. The summed E-state index contributed by atoms with van der Waals surface area (Å²) in [7, 11) is 0. The lowest BCUT2D eigenvalue weighted by Gasteiger charge is -2.45. The van der Waals surface area contributed by atoms with Crippen molar-refractivity contribution in [1.29, 1.82) is 0 Å². The summed E-state index contributed by atoms with van der Waals surface area (Å²) < 4.78 is 0. The summed E-state index contributed by atoms with van der Waals surface area (Å²) in [6.45, 7) is 3.95. The molecule has 1 aromatic rings. The highest BCUT2D eigenvalue weighted by Gasteiger charge is 2.41. The second-order valence-electron chi connectivity index (χ2n) is 8.67. The standard InChI is InChI=1S/C22H33N3O2.ClH/c1-14(2)20(24-19(26)11-15-7-4-3-5-8-15)22(27)25-21-16-9-6-10-17(21)13-18(23)12-16;/h3-5,7-8,14,16-18,20-21H,6,9-13,23H2,1-2H3,(H,24,26)(H,25,27);1H. The van der Waals surface area contributed by atoms with Gasteiger partial charge in [-0.2, -0.15) is 0 Å². The van der Waals surface area contributed by atoms with Crippen LogP contribution in [0.4, 0.5) is 0 Å². The quantitative estimate of drug-likeness (QED) is 0.677. The fraction of sp³-hybridized carbons (Fsp3) is 0.636. The molecular weight excluding hydrogens is 374 g/mol. The first-order chi connectivity index (χ1) is 12.9. The number of carbonyl (C=O) groups is 2. The second kappa shape index (κ2) is 10.3. The molecule has 2 saturated carbocycles. The van der Waals surface area contributed by atoms with Crippen molar-refractivity contribution in [3.63, 3.8) is 0 Å². The van der Waals surface area contributed by atoms with Crippen molar-refractivity contribution < 1.29 is 9.59 Å². The highest BCUT2D eigenvalue weighted by Crippen LogP contribution is 2.39. The Hall–Kier alpha value is -1.59. The summed E-state index contributed by atoms with van der Waals surface area (Å²) in [6.07, 6.45) is 5.79. The molecule has 28 heavy (non-hydrogen) atoms. The van der Waals surface area contributed by atoms with Crippen molar-refractivity contribution in [3.05, 3.63) is 35.9 Å². The summed E-state index contributed by atoms with van der Waals surface area (Å²) in [5.74, 6) is 0.827. The molecule has 156 valence electrons. The van der Waals surface area contributed by atoms with Crippen LogP contribution >= 0.6 is 12.4 Å². The minimum Gasteiger partial charge on any atom is -0.351 e. The number of hydrogen-bond donors (Lipinski definition) is 3. The SMILES string of the molecule is CC(C)C(NC(=O)Cc1ccccc1)C(=O)NC1C2CCCC1CC(N)C2.Cl. The average Bonchev–Trinajstić information content (AvgIpc) is 2.61. The molecule has 2 fully saturated rings. The third kappa shape index (κ3) is 5.71. The molecule has 3 unspecified atom stereocenters. The Kier molecular flexibility index (Phi) is 8.32. The normalized spacial score (nSPS) is 27.4. The highest BCUT2D eigenvalue weighted by molar-refractivity contribution is 5.88. The van der Waals surface area contributed by atoms with Crippen LogP contribution in [0.2, 0.25) is 0 Å². The number of nitrogens with one attached hydrogen (secondary N) is 2. The van der Waals surface area contributed by atoms with Crippen LogP contribution in [-0.2, 0) is 16.0 Å². The third-order valence-corrected chi connectivity index (χ3v) is 6.16. The molecular formula is C22H34ClN3O2. The molecule has 6 heteroatoms. The maximum atomic E-state index is 13.0. The monoisotopic (exact) mass is 407 g/mol. The van der Waals surface area contributed by atoms with Gasteiger partial charge in [0.2, 0.25) is 11.8 Å². The third-order valence-electron chi connectivity index (χ3n) is 6.16. The molecule has 2 aliphatic carbocycles. The van der Waals surface area contributed by atoms with Gasteiger partial charge in [-0.1, -0.05) is 50.6 Å². The van der Waals surface area contributed by atoms with E-state index in [0.29, 0.717) is 18.3 Å². The Labute approximate surface area is 174 Å². The fourth-order valence-corrected chi connectivity index (χ4v) is 4.82. The van der Waals surface area contributed by atoms with Crippen molar-refractivity contribution in [2.24, 2.45) is 23.5 Å². The van der Waals surface area contributed by atoms with E-state index in [9.17, 15) is 9.59 Å². The van der Waals surface area contributed by atoms with Crippen molar-refractivity contribution in [3.8, 4) is 0 Å². The molecule has 0 aliphatic heterocycles. The van der Waals surface area contributed by atoms with Crippen LogP contribution in [0.3, 0.4) is 0 Å². The van der Waals surface area contributed by atoms with Gasteiger partial charge < -0.3 is 16.4 Å². The first kappa shape index (κ1) is 22.7. The second-order valence-corrected chi connectivity index (χ2v) is 8.67. The summed E-state index contributed by atoms with van der Waals surface area (Å²) in [5.41, 5.74) is 7.15. The van der Waals surface area contributed by atoms with E-state index in [1.165, 1.54) is 6.42 Å². The molecule has 0 aromatic heterocycles. The van der Waals surface area contributed by atoms with E-state index in [1.807, 2.05) is 44.2 Å².